The Morgan fingerprint density at radius 2 is 1.72 bits per heavy atom. The number of rotatable bonds is 3. The SMILES string of the molecule is CC(C)(C)OC(=O)N1CCN(C(=O)C(c2cccnc2)C2(O)CCCCC2)CC1. The maximum absolute atomic E-state index is 13.5. The Balaban J connectivity index is 1.72. The van der Waals surface area contributed by atoms with Crippen LogP contribution >= 0.6 is 0 Å². The Labute approximate surface area is 173 Å². The fourth-order valence-electron chi connectivity index (χ4n) is 4.30. The van der Waals surface area contributed by atoms with E-state index < -0.39 is 17.1 Å². The van der Waals surface area contributed by atoms with Gasteiger partial charge in [-0.1, -0.05) is 25.3 Å². The second-order valence-corrected chi connectivity index (χ2v) is 9.18. The molecule has 7 nitrogen and oxygen atoms in total. The van der Waals surface area contributed by atoms with E-state index in [9.17, 15) is 14.7 Å². The molecule has 1 atom stereocenters. The van der Waals surface area contributed by atoms with E-state index in [0.717, 1.165) is 24.8 Å². The number of nitrogens with zero attached hydrogens (tertiary/aromatic N) is 3. The summed E-state index contributed by atoms with van der Waals surface area (Å²) >= 11 is 0. The fraction of sp³-hybridized carbons (Fsp3) is 0.682. The standard InChI is InChI=1S/C22H33N3O4/c1-21(2,3)29-20(27)25-14-12-24(13-15-25)19(26)18(17-8-7-11-23-16-17)22(28)9-5-4-6-10-22/h7-8,11,16,18,28H,4-6,9-10,12-15H2,1-3H3. The zero-order valence-corrected chi connectivity index (χ0v) is 17.8. The molecule has 1 N–H and O–H groups in total. The molecule has 1 unspecified atom stereocenters. The summed E-state index contributed by atoms with van der Waals surface area (Å²) in [6, 6.07) is 3.68. The molecule has 1 aromatic heterocycles. The largest absolute Gasteiger partial charge is 0.444 e. The number of amides is 2. The molecule has 1 aromatic rings. The maximum atomic E-state index is 13.5. The van der Waals surface area contributed by atoms with E-state index >= 15 is 0 Å². The van der Waals surface area contributed by atoms with Gasteiger partial charge in [0.15, 0.2) is 0 Å². The van der Waals surface area contributed by atoms with Crippen molar-refractivity contribution in [3.63, 3.8) is 0 Å². The van der Waals surface area contributed by atoms with Gasteiger partial charge in [0, 0.05) is 38.6 Å². The zero-order chi connectivity index (χ0) is 21.1. The van der Waals surface area contributed by atoms with Gasteiger partial charge in [-0.2, -0.15) is 0 Å². The van der Waals surface area contributed by atoms with Gasteiger partial charge in [0.25, 0.3) is 0 Å². The lowest BCUT2D eigenvalue weighted by Gasteiger charge is -2.42. The van der Waals surface area contributed by atoms with Crippen LogP contribution in [-0.4, -0.2) is 69.3 Å². The number of ether oxygens (including phenoxy) is 1. The lowest BCUT2D eigenvalue weighted by molar-refractivity contribution is -0.143. The summed E-state index contributed by atoms with van der Waals surface area (Å²) in [6.45, 7) is 7.25. The van der Waals surface area contributed by atoms with Crippen molar-refractivity contribution in [2.75, 3.05) is 26.2 Å². The van der Waals surface area contributed by atoms with Crippen molar-refractivity contribution in [1.82, 2.24) is 14.8 Å². The molecule has 1 saturated heterocycles. The number of piperazine rings is 1. The quantitative estimate of drug-likeness (QED) is 0.839. The molecule has 0 aromatic carbocycles. The number of hydrogen-bond acceptors (Lipinski definition) is 5. The normalized spacial score (nSPS) is 20.8. The molecule has 0 bridgehead atoms. The van der Waals surface area contributed by atoms with Gasteiger partial charge in [-0.15, -0.1) is 0 Å². The van der Waals surface area contributed by atoms with E-state index in [2.05, 4.69) is 4.98 Å². The summed E-state index contributed by atoms with van der Waals surface area (Å²) < 4.78 is 5.44. The average molecular weight is 404 g/mol. The van der Waals surface area contributed by atoms with Crippen LogP contribution in [0.3, 0.4) is 0 Å². The highest BCUT2D eigenvalue weighted by molar-refractivity contribution is 5.85. The lowest BCUT2D eigenvalue weighted by Crippen LogP contribution is -2.55. The van der Waals surface area contributed by atoms with E-state index in [-0.39, 0.29) is 12.0 Å². The molecule has 2 heterocycles. The van der Waals surface area contributed by atoms with Crippen LogP contribution in [-0.2, 0) is 9.53 Å². The summed E-state index contributed by atoms with van der Waals surface area (Å²) in [5.41, 5.74) is -0.822. The number of aliphatic hydroxyl groups is 1. The van der Waals surface area contributed by atoms with Crippen molar-refractivity contribution >= 4 is 12.0 Å². The highest BCUT2D eigenvalue weighted by Gasteiger charge is 2.45. The number of carbonyl (C=O) groups is 2. The van der Waals surface area contributed by atoms with Crippen LogP contribution in [0.4, 0.5) is 4.79 Å². The molecule has 1 aliphatic carbocycles. The molecule has 2 aliphatic rings. The molecular formula is C22H33N3O4. The molecule has 0 radical (unpaired) electrons. The highest BCUT2D eigenvalue weighted by atomic mass is 16.6. The summed E-state index contributed by atoms with van der Waals surface area (Å²) in [7, 11) is 0. The summed E-state index contributed by atoms with van der Waals surface area (Å²) in [6.07, 6.45) is 7.19. The third-order valence-corrected chi connectivity index (χ3v) is 5.76. The number of hydrogen-bond donors (Lipinski definition) is 1. The van der Waals surface area contributed by atoms with Crippen LogP contribution in [0.1, 0.15) is 64.4 Å². The topological polar surface area (TPSA) is 83.0 Å². The van der Waals surface area contributed by atoms with Gasteiger partial charge in [0.1, 0.15) is 5.60 Å². The molecule has 2 amide bonds. The van der Waals surface area contributed by atoms with E-state index in [4.69, 9.17) is 4.74 Å². The van der Waals surface area contributed by atoms with Gasteiger partial charge in [0.2, 0.25) is 5.91 Å². The molecule has 3 rings (SSSR count). The molecule has 1 aliphatic heterocycles. The van der Waals surface area contributed by atoms with Crippen LogP contribution in [0.2, 0.25) is 0 Å². The minimum absolute atomic E-state index is 0.0776. The van der Waals surface area contributed by atoms with Crippen LogP contribution in [0.5, 0.6) is 0 Å². The predicted octanol–water partition coefficient (Wildman–Crippen LogP) is 2.94. The first-order valence-corrected chi connectivity index (χ1v) is 10.6. The summed E-state index contributed by atoms with van der Waals surface area (Å²) in [4.78, 5) is 33.4. The van der Waals surface area contributed by atoms with Gasteiger partial charge >= 0.3 is 6.09 Å². The Hall–Kier alpha value is -2.15. The summed E-state index contributed by atoms with van der Waals surface area (Å²) in [5, 5.41) is 11.4. The van der Waals surface area contributed by atoms with Gasteiger partial charge in [-0.25, -0.2) is 4.79 Å². The molecule has 160 valence electrons. The first-order chi connectivity index (χ1) is 13.7. The van der Waals surface area contributed by atoms with Crippen molar-refractivity contribution in [1.29, 1.82) is 0 Å². The second-order valence-electron chi connectivity index (χ2n) is 9.18. The molecule has 1 saturated carbocycles. The van der Waals surface area contributed by atoms with Crippen LogP contribution in [0.15, 0.2) is 24.5 Å². The Bertz CT molecular complexity index is 703. The average Bonchev–Trinajstić information content (AvgIpc) is 2.68. The zero-order valence-electron chi connectivity index (χ0n) is 17.8. The van der Waals surface area contributed by atoms with Gasteiger partial charge < -0.3 is 19.6 Å². The van der Waals surface area contributed by atoms with Crippen molar-refractivity contribution in [2.45, 2.75) is 70.0 Å². The smallest absolute Gasteiger partial charge is 0.410 e. The van der Waals surface area contributed by atoms with Gasteiger partial charge in [-0.05, 0) is 45.2 Å². The predicted molar refractivity (Wildman–Crippen MR) is 109 cm³/mol. The lowest BCUT2D eigenvalue weighted by atomic mass is 9.72. The number of aromatic nitrogens is 1. The van der Waals surface area contributed by atoms with Crippen LogP contribution < -0.4 is 0 Å². The highest BCUT2D eigenvalue weighted by Crippen LogP contribution is 2.41. The number of pyridine rings is 1. The van der Waals surface area contributed by atoms with E-state index in [1.54, 1.807) is 22.2 Å². The van der Waals surface area contributed by atoms with E-state index in [0.29, 0.717) is 39.0 Å². The molecule has 0 spiro atoms. The Kier molecular flexibility index (Phi) is 6.46. The molecule has 7 heteroatoms. The second kappa shape index (κ2) is 8.69. The fourth-order valence-corrected chi connectivity index (χ4v) is 4.30. The maximum Gasteiger partial charge on any atom is 0.410 e. The number of carbonyl (C=O) groups excluding carboxylic acids is 2. The third kappa shape index (κ3) is 5.26. The third-order valence-electron chi connectivity index (χ3n) is 5.76. The minimum Gasteiger partial charge on any atom is -0.444 e. The van der Waals surface area contributed by atoms with Crippen LogP contribution in [0, 0.1) is 0 Å². The first kappa shape index (κ1) is 21.6. The van der Waals surface area contributed by atoms with Gasteiger partial charge in [-0.3, -0.25) is 9.78 Å². The Morgan fingerprint density at radius 1 is 1.10 bits per heavy atom. The van der Waals surface area contributed by atoms with Crippen molar-refractivity contribution in [3.8, 4) is 0 Å². The monoisotopic (exact) mass is 403 g/mol. The summed E-state index contributed by atoms with van der Waals surface area (Å²) in [5.74, 6) is -0.698. The molecule has 29 heavy (non-hydrogen) atoms. The van der Waals surface area contributed by atoms with Gasteiger partial charge in [0.05, 0.1) is 11.5 Å². The van der Waals surface area contributed by atoms with Crippen molar-refractivity contribution < 1.29 is 19.4 Å². The van der Waals surface area contributed by atoms with Crippen molar-refractivity contribution in [2.24, 2.45) is 0 Å². The van der Waals surface area contributed by atoms with E-state index in [1.807, 2.05) is 32.9 Å². The molecular weight excluding hydrogens is 370 g/mol. The Morgan fingerprint density at radius 3 is 2.28 bits per heavy atom. The first-order valence-electron chi connectivity index (χ1n) is 10.6. The molecule has 2 fully saturated rings. The van der Waals surface area contributed by atoms with E-state index in [1.165, 1.54) is 0 Å². The van der Waals surface area contributed by atoms with Crippen molar-refractivity contribution in [3.05, 3.63) is 30.1 Å². The minimum atomic E-state index is -1.04. The van der Waals surface area contributed by atoms with Crippen LogP contribution in [0.25, 0.3) is 0 Å².